The average Bonchev–Trinajstić information content (AvgIpc) is 3.45. The van der Waals surface area contributed by atoms with Gasteiger partial charge in [-0.15, -0.1) is 22.7 Å². The summed E-state index contributed by atoms with van der Waals surface area (Å²) in [6.45, 7) is 0.932. The highest BCUT2D eigenvalue weighted by atomic mass is 32.1. The van der Waals surface area contributed by atoms with Crippen LogP contribution in [0.1, 0.15) is 32.9 Å². The summed E-state index contributed by atoms with van der Waals surface area (Å²) in [4.78, 5) is 44.6. The molecule has 0 atom stereocenters. The lowest BCUT2D eigenvalue weighted by Crippen LogP contribution is -2.42. The Morgan fingerprint density at radius 3 is 2.57 bits per heavy atom. The highest BCUT2D eigenvalue weighted by Crippen LogP contribution is 2.30. The fourth-order valence-electron chi connectivity index (χ4n) is 3.39. The molecule has 0 unspecified atom stereocenters. The van der Waals surface area contributed by atoms with Gasteiger partial charge in [-0.2, -0.15) is 0 Å². The molecule has 1 aromatic carbocycles. The van der Waals surface area contributed by atoms with E-state index in [0.717, 1.165) is 9.88 Å². The highest BCUT2D eigenvalue weighted by Gasteiger charge is 2.27. The van der Waals surface area contributed by atoms with Crippen LogP contribution in [0.25, 0.3) is 9.88 Å². The number of thiazole rings is 1. The summed E-state index contributed by atoms with van der Waals surface area (Å²) in [5, 5.41) is 5.60. The third-order valence-corrected chi connectivity index (χ3v) is 7.09. The van der Waals surface area contributed by atoms with E-state index in [2.05, 4.69) is 10.3 Å². The van der Waals surface area contributed by atoms with E-state index in [1.54, 1.807) is 46.7 Å². The number of carbonyl (C=O) groups is 3. The van der Waals surface area contributed by atoms with E-state index in [1.165, 1.54) is 11.3 Å². The first-order valence-corrected chi connectivity index (χ1v) is 11.2. The molecular weight excluding hydrogens is 420 g/mol. The first-order valence-electron chi connectivity index (χ1n) is 9.51. The van der Waals surface area contributed by atoms with Crippen molar-refractivity contribution in [2.24, 2.45) is 11.7 Å². The van der Waals surface area contributed by atoms with Crippen molar-refractivity contribution in [1.82, 2.24) is 9.88 Å². The number of hydrogen-bond acceptors (Lipinski definition) is 6. The molecule has 1 saturated heterocycles. The number of hydrogen-bond donors (Lipinski definition) is 2. The largest absolute Gasteiger partial charge is 0.369 e. The average molecular weight is 441 g/mol. The lowest BCUT2D eigenvalue weighted by molar-refractivity contribution is -0.123. The Kier molecular flexibility index (Phi) is 5.91. The van der Waals surface area contributed by atoms with Crippen LogP contribution < -0.4 is 11.1 Å². The molecule has 2 aromatic heterocycles. The Bertz CT molecular complexity index is 1070. The maximum Gasteiger partial charge on any atom is 0.267 e. The van der Waals surface area contributed by atoms with Crippen molar-refractivity contribution >= 4 is 46.1 Å². The van der Waals surface area contributed by atoms with E-state index >= 15 is 0 Å². The molecular formula is C21H20N4O3S2. The molecule has 0 spiro atoms. The molecule has 1 aliphatic rings. The van der Waals surface area contributed by atoms with Crippen molar-refractivity contribution in [3.05, 3.63) is 58.4 Å². The Labute approximate surface area is 181 Å². The van der Waals surface area contributed by atoms with E-state index in [-0.39, 0.29) is 23.6 Å². The number of para-hydroxylation sites is 1. The molecule has 4 rings (SSSR count). The van der Waals surface area contributed by atoms with Crippen LogP contribution in [0.3, 0.4) is 0 Å². The summed E-state index contributed by atoms with van der Waals surface area (Å²) < 4.78 is 0. The van der Waals surface area contributed by atoms with Gasteiger partial charge in [-0.3, -0.25) is 14.4 Å². The number of thiophene rings is 1. The van der Waals surface area contributed by atoms with Crippen molar-refractivity contribution < 1.29 is 14.4 Å². The zero-order chi connectivity index (χ0) is 21.1. The molecule has 7 nitrogen and oxygen atoms in total. The quantitative estimate of drug-likeness (QED) is 0.634. The van der Waals surface area contributed by atoms with Gasteiger partial charge in [0.2, 0.25) is 5.91 Å². The van der Waals surface area contributed by atoms with E-state index in [0.29, 0.717) is 42.1 Å². The van der Waals surface area contributed by atoms with Crippen LogP contribution in [0.15, 0.2) is 48.0 Å². The molecule has 30 heavy (non-hydrogen) atoms. The van der Waals surface area contributed by atoms with Crippen LogP contribution in [0.4, 0.5) is 5.69 Å². The lowest BCUT2D eigenvalue weighted by atomic mass is 9.95. The normalized spacial score (nSPS) is 14.5. The van der Waals surface area contributed by atoms with E-state index in [4.69, 9.17) is 5.73 Å². The van der Waals surface area contributed by atoms with Gasteiger partial charge in [0.05, 0.1) is 22.3 Å². The van der Waals surface area contributed by atoms with Crippen molar-refractivity contribution in [2.75, 3.05) is 18.4 Å². The number of piperidine rings is 1. The Morgan fingerprint density at radius 2 is 1.87 bits per heavy atom. The van der Waals surface area contributed by atoms with Gasteiger partial charge in [-0.25, -0.2) is 4.98 Å². The minimum Gasteiger partial charge on any atom is -0.369 e. The van der Waals surface area contributed by atoms with Gasteiger partial charge in [-0.05, 0) is 36.4 Å². The van der Waals surface area contributed by atoms with Crippen LogP contribution in [0.2, 0.25) is 0 Å². The third kappa shape index (κ3) is 4.27. The fourth-order valence-corrected chi connectivity index (χ4v) is 5.01. The van der Waals surface area contributed by atoms with Crippen LogP contribution in [0, 0.1) is 5.92 Å². The Morgan fingerprint density at radius 1 is 1.10 bits per heavy atom. The molecule has 154 valence electrons. The van der Waals surface area contributed by atoms with Crippen molar-refractivity contribution in [1.29, 1.82) is 0 Å². The number of primary amides is 1. The summed E-state index contributed by atoms with van der Waals surface area (Å²) in [7, 11) is 0. The van der Waals surface area contributed by atoms with E-state index in [1.807, 2.05) is 17.5 Å². The van der Waals surface area contributed by atoms with Crippen LogP contribution in [-0.4, -0.2) is 40.7 Å². The monoisotopic (exact) mass is 440 g/mol. The molecule has 1 aliphatic heterocycles. The predicted octanol–water partition coefficient (Wildman–Crippen LogP) is 3.46. The maximum atomic E-state index is 13.0. The molecule has 3 aromatic rings. The van der Waals surface area contributed by atoms with E-state index in [9.17, 15) is 14.4 Å². The number of nitrogens with two attached hydrogens (primary N) is 1. The number of amides is 3. The molecule has 1 fully saturated rings. The number of likely N-dealkylation sites (tertiary alicyclic amines) is 1. The molecule has 3 N–H and O–H groups in total. The summed E-state index contributed by atoms with van der Waals surface area (Å²) in [5.41, 5.74) is 6.25. The number of carbonyl (C=O) groups excluding carboxylic acids is 3. The summed E-state index contributed by atoms with van der Waals surface area (Å²) in [6, 6.07) is 10.8. The third-order valence-electron chi connectivity index (χ3n) is 5.05. The van der Waals surface area contributed by atoms with Crippen LogP contribution in [-0.2, 0) is 4.79 Å². The second kappa shape index (κ2) is 8.76. The standard InChI is InChI=1S/C21H20N4O3S2/c22-18(26)13-7-9-25(10-8-13)21(28)14-4-1-2-5-15(14)24-19(27)17-12-23-20(30-17)16-6-3-11-29-16/h1-6,11-13H,7-10H2,(H2,22,26)(H,24,27). The topological polar surface area (TPSA) is 105 Å². The van der Waals surface area contributed by atoms with Crippen LogP contribution >= 0.6 is 22.7 Å². The van der Waals surface area contributed by atoms with Gasteiger partial charge in [0.1, 0.15) is 9.88 Å². The SMILES string of the molecule is NC(=O)C1CCN(C(=O)c2ccccc2NC(=O)c2cnc(-c3cccs3)s2)CC1. The number of nitrogens with zero attached hydrogens (tertiary/aromatic N) is 2. The molecule has 0 aliphatic carbocycles. The van der Waals surface area contributed by atoms with Gasteiger partial charge < -0.3 is 16.0 Å². The summed E-state index contributed by atoms with van der Waals surface area (Å²) in [5.74, 6) is -0.977. The van der Waals surface area contributed by atoms with Crippen LogP contribution in [0.5, 0.6) is 0 Å². The number of rotatable bonds is 5. The minimum absolute atomic E-state index is 0.169. The van der Waals surface area contributed by atoms with Gasteiger partial charge in [0.25, 0.3) is 11.8 Å². The van der Waals surface area contributed by atoms with Crippen molar-refractivity contribution in [2.45, 2.75) is 12.8 Å². The molecule has 3 amide bonds. The van der Waals surface area contributed by atoms with Gasteiger partial charge in [0.15, 0.2) is 0 Å². The van der Waals surface area contributed by atoms with Gasteiger partial charge in [0, 0.05) is 19.0 Å². The molecule has 3 heterocycles. The predicted molar refractivity (Wildman–Crippen MR) is 118 cm³/mol. The highest BCUT2D eigenvalue weighted by molar-refractivity contribution is 7.22. The van der Waals surface area contributed by atoms with E-state index < -0.39 is 0 Å². The van der Waals surface area contributed by atoms with Gasteiger partial charge >= 0.3 is 0 Å². The number of aromatic nitrogens is 1. The first kappa shape index (κ1) is 20.2. The second-order valence-electron chi connectivity index (χ2n) is 6.98. The summed E-state index contributed by atoms with van der Waals surface area (Å²) in [6.07, 6.45) is 2.66. The summed E-state index contributed by atoms with van der Waals surface area (Å²) >= 11 is 2.88. The first-order chi connectivity index (χ1) is 14.5. The smallest absolute Gasteiger partial charge is 0.267 e. The number of benzene rings is 1. The second-order valence-corrected chi connectivity index (χ2v) is 8.95. The number of nitrogens with one attached hydrogen (secondary N) is 1. The Balaban J connectivity index is 1.48. The molecule has 0 saturated carbocycles. The fraction of sp³-hybridized carbons (Fsp3) is 0.238. The lowest BCUT2D eigenvalue weighted by Gasteiger charge is -2.31. The number of anilines is 1. The minimum atomic E-state index is -0.318. The zero-order valence-electron chi connectivity index (χ0n) is 16.0. The van der Waals surface area contributed by atoms with Gasteiger partial charge in [-0.1, -0.05) is 18.2 Å². The molecule has 0 radical (unpaired) electrons. The molecule has 9 heteroatoms. The zero-order valence-corrected chi connectivity index (χ0v) is 17.7. The van der Waals surface area contributed by atoms with Crippen molar-refractivity contribution in [3.63, 3.8) is 0 Å². The molecule has 0 bridgehead atoms. The Hall–Kier alpha value is -3.04. The maximum absolute atomic E-state index is 13.0. The van der Waals surface area contributed by atoms with Crippen molar-refractivity contribution in [3.8, 4) is 9.88 Å².